The Morgan fingerprint density at radius 1 is 0.943 bits per heavy atom. The summed E-state index contributed by atoms with van der Waals surface area (Å²) in [5.41, 5.74) is 2.14. The highest BCUT2D eigenvalue weighted by atomic mass is 32.2. The Labute approximate surface area is 205 Å². The fourth-order valence-corrected chi connectivity index (χ4v) is 3.98. The summed E-state index contributed by atoms with van der Waals surface area (Å²) in [5, 5.41) is 14.4. The van der Waals surface area contributed by atoms with Crippen LogP contribution in [0.25, 0.3) is 17.1 Å². The summed E-state index contributed by atoms with van der Waals surface area (Å²) in [6.45, 7) is -0.209. The minimum Gasteiger partial charge on any atom is -0.497 e. The number of amides is 2. The van der Waals surface area contributed by atoms with E-state index in [9.17, 15) is 14.0 Å². The molecule has 4 aromatic rings. The first-order valence-electron chi connectivity index (χ1n) is 10.6. The third kappa shape index (κ3) is 6.24. The van der Waals surface area contributed by atoms with Crippen molar-refractivity contribution >= 4 is 29.3 Å². The van der Waals surface area contributed by atoms with Crippen molar-refractivity contribution < 1.29 is 18.7 Å². The van der Waals surface area contributed by atoms with Crippen LogP contribution in [-0.4, -0.2) is 46.0 Å². The van der Waals surface area contributed by atoms with E-state index in [4.69, 9.17) is 4.74 Å². The molecule has 2 amide bonds. The van der Waals surface area contributed by atoms with Crippen LogP contribution < -0.4 is 15.4 Å². The number of hydrogen-bond acceptors (Lipinski definition) is 6. The normalized spacial score (nSPS) is 10.6. The lowest BCUT2D eigenvalue weighted by atomic mass is 10.2. The topological polar surface area (TPSA) is 98.1 Å². The fourth-order valence-electron chi connectivity index (χ4n) is 3.20. The van der Waals surface area contributed by atoms with E-state index in [-0.39, 0.29) is 18.2 Å². The molecule has 0 aliphatic carbocycles. The van der Waals surface area contributed by atoms with E-state index < -0.39 is 11.7 Å². The van der Waals surface area contributed by atoms with Gasteiger partial charge in [-0.15, -0.1) is 10.2 Å². The van der Waals surface area contributed by atoms with Gasteiger partial charge in [0.15, 0.2) is 11.0 Å². The molecule has 0 aliphatic rings. The van der Waals surface area contributed by atoms with Crippen molar-refractivity contribution in [3.63, 3.8) is 0 Å². The molecule has 0 unspecified atom stereocenters. The summed E-state index contributed by atoms with van der Waals surface area (Å²) >= 11 is 1.21. The number of nitrogens with one attached hydrogen (secondary N) is 2. The second-order valence-electron chi connectivity index (χ2n) is 7.33. The highest BCUT2D eigenvalue weighted by molar-refractivity contribution is 7.99. The number of anilines is 1. The molecule has 2 N–H and O–H groups in total. The lowest BCUT2D eigenvalue weighted by molar-refractivity contribution is -0.122. The third-order valence-corrected chi connectivity index (χ3v) is 5.83. The summed E-state index contributed by atoms with van der Waals surface area (Å²) in [4.78, 5) is 24.4. The molecule has 1 aromatic heterocycles. The number of carbonyl (C=O) groups excluding carboxylic acids is 2. The SMILES string of the molecule is COc1ccc(-c2nnc(SCC(=O)NCC(=O)Nc3ccc(F)cc3)n2-c2ccccc2)cc1. The first-order chi connectivity index (χ1) is 17.0. The third-order valence-electron chi connectivity index (χ3n) is 4.90. The maximum absolute atomic E-state index is 13.0. The zero-order chi connectivity index (χ0) is 24.6. The number of thioether (sulfide) groups is 1. The number of ether oxygens (including phenoxy) is 1. The molecule has 4 rings (SSSR count). The maximum atomic E-state index is 13.0. The van der Waals surface area contributed by atoms with Crippen molar-refractivity contribution in [1.29, 1.82) is 0 Å². The van der Waals surface area contributed by atoms with E-state index in [0.717, 1.165) is 17.0 Å². The molecule has 178 valence electrons. The van der Waals surface area contributed by atoms with Gasteiger partial charge in [-0.05, 0) is 60.7 Å². The Morgan fingerprint density at radius 2 is 1.66 bits per heavy atom. The number of methoxy groups -OCH3 is 1. The summed E-state index contributed by atoms with van der Waals surface area (Å²) < 4.78 is 20.1. The molecular formula is C25H22FN5O3S. The predicted molar refractivity (Wildman–Crippen MR) is 132 cm³/mol. The van der Waals surface area contributed by atoms with Gasteiger partial charge in [-0.1, -0.05) is 30.0 Å². The molecule has 3 aromatic carbocycles. The van der Waals surface area contributed by atoms with E-state index in [1.807, 2.05) is 59.2 Å². The van der Waals surface area contributed by atoms with Crippen LogP contribution in [0.4, 0.5) is 10.1 Å². The number of benzene rings is 3. The van der Waals surface area contributed by atoms with E-state index in [2.05, 4.69) is 20.8 Å². The molecule has 0 aliphatic heterocycles. The predicted octanol–water partition coefficient (Wildman–Crippen LogP) is 3.93. The van der Waals surface area contributed by atoms with Crippen LogP contribution in [0.1, 0.15) is 0 Å². The smallest absolute Gasteiger partial charge is 0.243 e. The highest BCUT2D eigenvalue weighted by Gasteiger charge is 2.17. The van der Waals surface area contributed by atoms with Crippen molar-refractivity contribution in [2.45, 2.75) is 5.16 Å². The quantitative estimate of drug-likeness (QED) is 0.344. The molecule has 0 saturated heterocycles. The minimum atomic E-state index is -0.413. The molecule has 0 bridgehead atoms. The Hall–Kier alpha value is -4.18. The molecule has 10 heteroatoms. The van der Waals surface area contributed by atoms with Gasteiger partial charge in [-0.3, -0.25) is 14.2 Å². The van der Waals surface area contributed by atoms with Crippen molar-refractivity contribution in [3.05, 3.63) is 84.7 Å². The van der Waals surface area contributed by atoms with Crippen LogP contribution in [-0.2, 0) is 9.59 Å². The second kappa shape index (κ2) is 11.3. The fraction of sp³-hybridized carbons (Fsp3) is 0.120. The average Bonchev–Trinajstić information content (AvgIpc) is 3.32. The first kappa shape index (κ1) is 24.0. The standard InChI is InChI=1S/C25H22FN5O3S/c1-34-21-13-7-17(8-14-21)24-29-30-25(31(24)20-5-3-2-4-6-20)35-16-23(33)27-15-22(32)28-19-11-9-18(26)10-12-19/h2-14H,15-16H2,1H3,(H,27,33)(H,28,32). The Bertz CT molecular complexity index is 1300. The van der Waals surface area contributed by atoms with Crippen molar-refractivity contribution in [3.8, 4) is 22.8 Å². The number of rotatable bonds is 9. The van der Waals surface area contributed by atoms with Gasteiger partial charge in [-0.25, -0.2) is 4.39 Å². The number of aromatic nitrogens is 3. The summed E-state index contributed by atoms with van der Waals surface area (Å²) in [6, 6.07) is 22.5. The minimum absolute atomic E-state index is 0.0391. The first-order valence-corrected chi connectivity index (χ1v) is 11.6. The van der Waals surface area contributed by atoms with Crippen LogP contribution in [0.5, 0.6) is 5.75 Å². The molecule has 1 heterocycles. The van der Waals surface area contributed by atoms with Crippen molar-refractivity contribution in [2.24, 2.45) is 0 Å². The Morgan fingerprint density at radius 3 is 2.34 bits per heavy atom. The van der Waals surface area contributed by atoms with E-state index >= 15 is 0 Å². The maximum Gasteiger partial charge on any atom is 0.243 e. The molecule has 0 spiro atoms. The Kier molecular flexibility index (Phi) is 7.74. The lowest BCUT2D eigenvalue weighted by Crippen LogP contribution is -2.33. The zero-order valence-corrected chi connectivity index (χ0v) is 19.6. The van der Waals surface area contributed by atoms with Gasteiger partial charge in [-0.2, -0.15) is 0 Å². The average molecular weight is 492 g/mol. The molecule has 0 atom stereocenters. The molecular weight excluding hydrogens is 469 g/mol. The zero-order valence-electron chi connectivity index (χ0n) is 18.8. The molecule has 0 fully saturated rings. The molecule has 35 heavy (non-hydrogen) atoms. The Balaban J connectivity index is 1.42. The van der Waals surface area contributed by atoms with Crippen molar-refractivity contribution in [2.75, 3.05) is 24.7 Å². The van der Waals surface area contributed by atoms with Gasteiger partial charge >= 0.3 is 0 Å². The van der Waals surface area contributed by atoms with Gasteiger partial charge < -0.3 is 15.4 Å². The van der Waals surface area contributed by atoms with Crippen molar-refractivity contribution in [1.82, 2.24) is 20.1 Å². The largest absolute Gasteiger partial charge is 0.497 e. The van der Waals surface area contributed by atoms with Gasteiger partial charge in [0.25, 0.3) is 0 Å². The number of hydrogen-bond donors (Lipinski definition) is 2. The number of halogens is 1. The molecule has 8 nitrogen and oxygen atoms in total. The van der Waals surface area contributed by atoms with Gasteiger partial charge in [0.1, 0.15) is 11.6 Å². The highest BCUT2D eigenvalue weighted by Crippen LogP contribution is 2.28. The van der Waals surface area contributed by atoms with E-state index in [1.54, 1.807) is 7.11 Å². The molecule has 0 saturated carbocycles. The van der Waals surface area contributed by atoms with Gasteiger partial charge in [0.2, 0.25) is 11.8 Å². The van der Waals surface area contributed by atoms with Crippen LogP contribution in [0.3, 0.4) is 0 Å². The molecule has 0 radical (unpaired) electrons. The van der Waals surface area contributed by atoms with Gasteiger partial charge in [0, 0.05) is 16.9 Å². The van der Waals surface area contributed by atoms with Gasteiger partial charge in [0.05, 0.1) is 19.4 Å². The summed E-state index contributed by atoms with van der Waals surface area (Å²) in [7, 11) is 1.60. The lowest BCUT2D eigenvalue weighted by Gasteiger charge is -2.11. The number of para-hydroxylation sites is 1. The number of nitrogens with zero attached hydrogens (tertiary/aromatic N) is 3. The monoisotopic (exact) mass is 491 g/mol. The summed E-state index contributed by atoms with van der Waals surface area (Å²) in [6.07, 6.45) is 0. The van der Waals surface area contributed by atoms with Crippen LogP contribution in [0.2, 0.25) is 0 Å². The number of carbonyl (C=O) groups is 2. The van der Waals surface area contributed by atoms with E-state index in [0.29, 0.717) is 16.7 Å². The summed E-state index contributed by atoms with van der Waals surface area (Å²) in [5.74, 6) is 0.251. The van der Waals surface area contributed by atoms with Crippen LogP contribution in [0, 0.1) is 5.82 Å². The van der Waals surface area contributed by atoms with Crippen LogP contribution >= 0.6 is 11.8 Å². The van der Waals surface area contributed by atoms with Crippen LogP contribution in [0.15, 0.2) is 84.0 Å². The second-order valence-corrected chi connectivity index (χ2v) is 8.27. The van der Waals surface area contributed by atoms with E-state index in [1.165, 1.54) is 36.0 Å².